The Balaban J connectivity index is 2.82. The highest BCUT2D eigenvalue weighted by atomic mass is 79.9. The first-order valence-corrected chi connectivity index (χ1v) is 21.2. The Hall–Kier alpha value is -0.786. The van der Waals surface area contributed by atoms with Crippen LogP contribution in [0.15, 0.2) is 35.9 Å². The highest BCUT2D eigenvalue weighted by Crippen LogP contribution is 2.49. The minimum absolute atomic E-state index is 0.114. The van der Waals surface area contributed by atoms with Gasteiger partial charge < -0.3 is 8.85 Å². The molecule has 0 aromatic heterocycles. The molecular formula is C32H55BrO2Si2. The molecule has 0 unspecified atom stereocenters. The maximum Gasteiger partial charge on any atom is 0.250 e. The SMILES string of the molecule is C=C(C)[C@@H]1CCC(C)=C[C@H]1c1c(CCCCBr)cc(O[Si](C)(C)C(C)(C)C)cc1O[Si](C)(C)C(C)(C)C. The van der Waals surface area contributed by atoms with Crippen LogP contribution in [0.4, 0.5) is 0 Å². The molecule has 37 heavy (non-hydrogen) atoms. The number of benzene rings is 1. The number of alkyl halides is 1. The summed E-state index contributed by atoms with van der Waals surface area (Å²) in [6.45, 7) is 32.2. The highest BCUT2D eigenvalue weighted by Gasteiger charge is 2.42. The number of hydrogen-bond donors (Lipinski definition) is 0. The van der Waals surface area contributed by atoms with Crippen molar-refractivity contribution in [3.8, 4) is 11.5 Å². The van der Waals surface area contributed by atoms with E-state index in [0.29, 0.717) is 11.8 Å². The molecule has 0 saturated carbocycles. The fraction of sp³-hybridized carbons (Fsp3) is 0.688. The molecule has 1 aliphatic carbocycles. The molecule has 0 radical (unpaired) electrons. The van der Waals surface area contributed by atoms with Crippen LogP contribution < -0.4 is 8.85 Å². The zero-order chi connectivity index (χ0) is 28.4. The largest absolute Gasteiger partial charge is 0.543 e. The topological polar surface area (TPSA) is 18.5 Å². The van der Waals surface area contributed by atoms with Crippen LogP contribution in [0.3, 0.4) is 0 Å². The monoisotopic (exact) mass is 606 g/mol. The standard InChI is InChI=1S/C32H55BrO2Si2/c1-23(2)27-18-17-24(3)20-28(27)30-25(16-14-15-19-33)21-26(34-36(10,11)31(4,5)6)22-29(30)35-37(12,13)32(7,8)9/h20-22,27-28H,1,14-19H2,2-13H3/t27-,28+/m0/s1. The van der Waals surface area contributed by atoms with Gasteiger partial charge in [0.15, 0.2) is 0 Å². The van der Waals surface area contributed by atoms with E-state index in [-0.39, 0.29) is 10.1 Å². The molecule has 0 amide bonds. The third-order valence-electron chi connectivity index (χ3n) is 9.10. The average molecular weight is 608 g/mol. The van der Waals surface area contributed by atoms with Gasteiger partial charge in [0, 0.05) is 22.9 Å². The molecule has 1 aliphatic rings. The molecule has 2 rings (SSSR count). The summed E-state index contributed by atoms with van der Waals surface area (Å²) in [4.78, 5) is 0. The minimum Gasteiger partial charge on any atom is -0.543 e. The number of unbranched alkanes of at least 4 members (excludes halogenated alkanes) is 1. The van der Waals surface area contributed by atoms with E-state index in [4.69, 9.17) is 8.85 Å². The Morgan fingerprint density at radius 1 is 0.973 bits per heavy atom. The number of aryl methyl sites for hydroxylation is 1. The molecule has 2 nitrogen and oxygen atoms in total. The second-order valence-electron chi connectivity index (χ2n) is 14.4. The molecule has 0 saturated heterocycles. The van der Waals surface area contributed by atoms with Crippen molar-refractivity contribution in [2.24, 2.45) is 5.92 Å². The van der Waals surface area contributed by atoms with Gasteiger partial charge in [0.1, 0.15) is 11.5 Å². The van der Waals surface area contributed by atoms with Gasteiger partial charge in [-0.05, 0) is 99.8 Å². The summed E-state index contributed by atoms with van der Waals surface area (Å²) in [6.07, 6.45) is 8.17. The lowest BCUT2D eigenvalue weighted by atomic mass is 9.72. The van der Waals surface area contributed by atoms with Crippen LogP contribution in [-0.2, 0) is 6.42 Å². The Morgan fingerprint density at radius 3 is 2.05 bits per heavy atom. The first kappa shape index (κ1) is 32.4. The third kappa shape index (κ3) is 8.11. The van der Waals surface area contributed by atoms with Crippen molar-refractivity contribution < 1.29 is 8.85 Å². The van der Waals surface area contributed by atoms with Gasteiger partial charge in [-0.1, -0.05) is 81.3 Å². The lowest BCUT2D eigenvalue weighted by molar-refractivity contribution is 0.443. The van der Waals surface area contributed by atoms with Crippen molar-refractivity contribution in [2.45, 2.75) is 130 Å². The number of allylic oxidation sites excluding steroid dienone is 3. The van der Waals surface area contributed by atoms with E-state index in [9.17, 15) is 0 Å². The van der Waals surface area contributed by atoms with Crippen molar-refractivity contribution in [2.75, 3.05) is 5.33 Å². The normalized spacial score (nSPS) is 19.4. The number of halogens is 1. The molecule has 0 heterocycles. The molecule has 210 valence electrons. The molecule has 0 N–H and O–H groups in total. The maximum absolute atomic E-state index is 7.21. The van der Waals surface area contributed by atoms with Crippen LogP contribution >= 0.6 is 15.9 Å². The predicted molar refractivity (Wildman–Crippen MR) is 173 cm³/mol. The van der Waals surface area contributed by atoms with E-state index in [1.54, 1.807) is 0 Å². The summed E-state index contributed by atoms with van der Waals surface area (Å²) >= 11 is 3.65. The molecule has 1 aromatic rings. The third-order valence-corrected chi connectivity index (χ3v) is 18.4. The van der Waals surface area contributed by atoms with E-state index < -0.39 is 16.6 Å². The molecule has 0 fully saturated rings. The van der Waals surface area contributed by atoms with Crippen molar-refractivity contribution in [3.63, 3.8) is 0 Å². The lowest BCUT2D eigenvalue weighted by Gasteiger charge is -2.40. The average Bonchev–Trinajstić information content (AvgIpc) is 2.71. The van der Waals surface area contributed by atoms with Gasteiger partial charge >= 0.3 is 0 Å². The zero-order valence-corrected chi connectivity index (χ0v) is 29.6. The van der Waals surface area contributed by atoms with Crippen molar-refractivity contribution in [1.82, 2.24) is 0 Å². The van der Waals surface area contributed by atoms with Crippen LogP contribution in [-0.4, -0.2) is 22.0 Å². The predicted octanol–water partition coefficient (Wildman–Crippen LogP) is 11.2. The molecule has 5 heteroatoms. The van der Waals surface area contributed by atoms with E-state index in [2.05, 4.69) is 122 Å². The summed E-state index contributed by atoms with van der Waals surface area (Å²) in [5.41, 5.74) is 5.54. The van der Waals surface area contributed by atoms with Crippen LogP contribution in [0.25, 0.3) is 0 Å². The summed E-state index contributed by atoms with van der Waals surface area (Å²) < 4.78 is 14.1. The van der Waals surface area contributed by atoms with Crippen molar-refractivity contribution >= 4 is 32.6 Å². The minimum atomic E-state index is -2.08. The Labute approximate surface area is 240 Å². The van der Waals surface area contributed by atoms with Gasteiger partial charge in [-0.3, -0.25) is 0 Å². The van der Waals surface area contributed by atoms with Gasteiger partial charge in [0.2, 0.25) is 16.6 Å². The second kappa shape index (κ2) is 12.2. The quantitative estimate of drug-likeness (QED) is 0.114. The first-order chi connectivity index (χ1) is 16.8. The Morgan fingerprint density at radius 2 is 1.54 bits per heavy atom. The van der Waals surface area contributed by atoms with Gasteiger partial charge in [-0.25, -0.2) is 0 Å². The van der Waals surface area contributed by atoms with E-state index in [0.717, 1.165) is 48.9 Å². The molecule has 0 aliphatic heterocycles. The van der Waals surface area contributed by atoms with Crippen LogP contribution in [0, 0.1) is 5.92 Å². The van der Waals surface area contributed by atoms with E-state index in [1.807, 2.05) is 0 Å². The first-order valence-electron chi connectivity index (χ1n) is 14.2. The summed E-state index contributed by atoms with van der Waals surface area (Å²) in [7, 11) is -4.08. The fourth-order valence-corrected chi connectivity index (χ4v) is 7.01. The van der Waals surface area contributed by atoms with Gasteiger partial charge in [0.05, 0.1) is 0 Å². The molecular weight excluding hydrogens is 552 g/mol. The summed E-state index contributed by atoms with van der Waals surface area (Å²) in [5, 5.41) is 1.28. The van der Waals surface area contributed by atoms with Crippen molar-refractivity contribution in [1.29, 1.82) is 0 Å². The van der Waals surface area contributed by atoms with Crippen molar-refractivity contribution in [3.05, 3.63) is 47.1 Å². The summed E-state index contributed by atoms with van der Waals surface area (Å²) in [5.74, 6) is 2.78. The van der Waals surface area contributed by atoms with Gasteiger partial charge in [-0.2, -0.15) is 0 Å². The van der Waals surface area contributed by atoms with Gasteiger partial charge in [-0.15, -0.1) is 0 Å². The lowest BCUT2D eigenvalue weighted by Crippen LogP contribution is -2.45. The van der Waals surface area contributed by atoms with E-state index in [1.165, 1.54) is 22.3 Å². The molecule has 0 spiro atoms. The Kier molecular flexibility index (Phi) is 10.7. The molecule has 2 atom stereocenters. The van der Waals surface area contributed by atoms with Gasteiger partial charge in [0.25, 0.3) is 0 Å². The molecule has 1 aromatic carbocycles. The maximum atomic E-state index is 7.21. The zero-order valence-electron chi connectivity index (χ0n) is 26.0. The number of rotatable bonds is 10. The Bertz CT molecular complexity index is 980. The van der Waals surface area contributed by atoms with Crippen LogP contribution in [0.2, 0.25) is 36.3 Å². The fourth-order valence-electron chi connectivity index (χ4n) is 4.58. The number of hydrogen-bond acceptors (Lipinski definition) is 2. The second-order valence-corrected chi connectivity index (χ2v) is 24.6. The molecule has 0 bridgehead atoms. The smallest absolute Gasteiger partial charge is 0.250 e. The highest BCUT2D eigenvalue weighted by molar-refractivity contribution is 9.09. The van der Waals surface area contributed by atoms with Crippen LogP contribution in [0.1, 0.15) is 98.1 Å². The van der Waals surface area contributed by atoms with E-state index >= 15 is 0 Å². The van der Waals surface area contributed by atoms with Crippen LogP contribution in [0.5, 0.6) is 11.5 Å². The summed E-state index contributed by atoms with van der Waals surface area (Å²) in [6, 6.07) is 4.60.